The molecule has 1 spiro atoms. The Bertz CT molecular complexity index is 405. The van der Waals surface area contributed by atoms with E-state index in [1.54, 1.807) is 19.0 Å². The number of likely N-dealkylation sites (tertiary alicyclic amines) is 1. The summed E-state index contributed by atoms with van der Waals surface area (Å²) in [5, 5.41) is 3.40. The Morgan fingerprint density at radius 2 is 1.91 bits per heavy atom. The van der Waals surface area contributed by atoms with Gasteiger partial charge in [0.25, 0.3) is 0 Å². The zero-order valence-corrected chi connectivity index (χ0v) is 17.3. The van der Waals surface area contributed by atoms with Crippen LogP contribution in [0.5, 0.6) is 0 Å². The Labute approximate surface area is 158 Å². The van der Waals surface area contributed by atoms with Gasteiger partial charge in [0.2, 0.25) is 5.91 Å². The predicted octanol–water partition coefficient (Wildman–Crippen LogP) is 2.70. The lowest BCUT2D eigenvalue weighted by Gasteiger charge is -2.33. The fourth-order valence-electron chi connectivity index (χ4n) is 3.73. The van der Waals surface area contributed by atoms with Crippen molar-refractivity contribution in [3.63, 3.8) is 0 Å². The molecule has 0 atom stereocenters. The third-order valence-electron chi connectivity index (χ3n) is 5.07. The van der Waals surface area contributed by atoms with Crippen LogP contribution >= 0.6 is 24.0 Å². The zero-order valence-electron chi connectivity index (χ0n) is 14.9. The molecule has 1 aliphatic carbocycles. The predicted molar refractivity (Wildman–Crippen MR) is 106 cm³/mol. The number of rotatable bonds is 4. The number of hydrogen-bond acceptors (Lipinski definition) is 2. The maximum absolute atomic E-state index is 11.7. The molecule has 2 rings (SSSR count). The van der Waals surface area contributed by atoms with Gasteiger partial charge in [0, 0.05) is 40.2 Å². The molecule has 0 aromatic heterocycles. The fourth-order valence-corrected chi connectivity index (χ4v) is 3.73. The van der Waals surface area contributed by atoms with Gasteiger partial charge in [-0.1, -0.05) is 19.3 Å². The van der Waals surface area contributed by atoms with Gasteiger partial charge in [-0.2, -0.15) is 0 Å². The standard InChI is InChI=1S/C17H32N4O.HI/c1-4-18-16(19-12-8-15(22)20(2)3)21-13-11-17(14-21)9-6-5-7-10-17;/h4-14H2,1-3H3,(H,18,19);1H. The Kier molecular flexibility index (Phi) is 8.64. The SMILES string of the molecule is CCNC(=NCCC(=O)N(C)C)N1CCC2(CCCCC2)C1.I. The van der Waals surface area contributed by atoms with Crippen molar-refractivity contribution in [2.75, 3.05) is 40.3 Å². The van der Waals surface area contributed by atoms with Crippen LogP contribution in [-0.2, 0) is 4.79 Å². The Balaban J connectivity index is 0.00000264. The number of carbonyl (C=O) groups excluding carboxylic acids is 1. The van der Waals surface area contributed by atoms with Crippen LogP contribution in [-0.4, -0.2) is 61.9 Å². The largest absolute Gasteiger partial charge is 0.357 e. The number of amides is 1. The van der Waals surface area contributed by atoms with Crippen molar-refractivity contribution in [2.24, 2.45) is 10.4 Å². The first kappa shape index (κ1) is 20.5. The van der Waals surface area contributed by atoms with Crippen LogP contribution in [0.15, 0.2) is 4.99 Å². The summed E-state index contributed by atoms with van der Waals surface area (Å²) in [4.78, 5) is 20.4. The molecule has 0 bridgehead atoms. The molecule has 0 radical (unpaired) electrons. The average Bonchev–Trinajstić information content (AvgIpc) is 2.90. The number of halogens is 1. The van der Waals surface area contributed by atoms with Gasteiger partial charge in [0.1, 0.15) is 0 Å². The maximum Gasteiger partial charge on any atom is 0.223 e. The van der Waals surface area contributed by atoms with Crippen molar-refractivity contribution in [3.05, 3.63) is 0 Å². The van der Waals surface area contributed by atoms with Crippen molar-refractivity contribution in [1.82, 2.24) is 15.1 Å². The summed E-state index contributed by atoms with van der Waals surface area (Å²) in [6.45, 7) is 5.80. The third-order valence-corrected chi connectivity index (χ3v) is 5.07. The molecule has 23 heavy (non-hydrogen) atoms. The van der Waals surface area contributed by atoms with Crippen molar-refractivity contribution >= 4 is 35.8 Å². The first-order chi connectivity index (χ1) is 10.6. The lowest BCUT2D eigenvalue weighted by atomic mass is 9.73. The quantitative estimate of drug-likeness (QED) is 0.419. The van der Waals surface area contributed by atoms with E-state index in [1.165, 1.54) is 38.5 Å². The molecule has 1 aliphatic heterocycles. The number of aliphatic imine (C=N–C) groups is 1. The summed E-state index contributed by atoms with van der Waals surface area (Å²) >= 11 is 0. The Morgan fingerprint density at radius 3 is 2.52 bits per heavy atom. The normalized spacial score (nSPS) is 20.3. The van der Waals surface area contributed by atoms with E-state index >= 15 is 0 Å². The van der Waals surface area contributed by atoms with Crippen LogP contribution < -0.4 is 5.32 Å². The molecule has 0 aromatic carbocycles. The molecule has 5 nitrogen and oxygen atoms in total. The molecule has 1 saturated carbocycles. The van der Waals surface area contributed by atoms with Crippen molar-refractivity contribution in [2.45, 2.75) is 51.9 Å². The van der Waals surface area contributed by atoms with E-state index in [9.17, 15) is 4.79 Å². The number of nitrogens with zero attached hydrogens (tertiary/aromatic N) is 3. The molecule has 0 aromatic rings. The molecular weight excluding hydrogens is 403 g/mol. The number of guanidine groups is 1. The zero-order chi connectivity index (χ0) is 16.0. The molecule has 2 aliphatic rings. The van der Waals surface area contributed by atoms with Crippen LogP contribution in [0.25, 0.3) is 0 Å². The van der Waals surface area contributed by atoms with Crippen LogP contribution in [0.4, 0.5) is 0 Å². The minimum Gasteiger partial charge on any atom is -0.357 e. The minimum atomic E-state index is 0. The molecule has 6 heteroatoms. The molecule has 2 fully saturated rings. The maximum atomic E-state index is 11.7. The summed E-state index contributed by atoms with van der Waals surface area (Å²) in [7, 11) is 3.59. The van der Waals surface area contributed by atoms with Crippen LogP contribution in [0.2, 0.25) is 0 Å². The highest BCUT2D eigenvalue weighted by Crippen LogP contribution is 2.43. The first-order valence-electron chi connectivity index (χ1n) is 8.80. The molecule has 1 N–H and O–H groups in total. The Morgan fingerprint density at radius 1 is 1.22 bits per heavy atom. The summed E-state index contributed by atoms with van der Waals surface area (Å²) in [6, 6.07) is 0. The monoisotopic (exact) mass is 436 g/mol. The van der Waals surface area contributed by atoms with E-state index in [1.807, 2.05) is 0 Å². The molecule has 134 valence electrons. The highest BCUT2D eigenvalue weighted by molar-refractivity contribution is 14.0. The van der Waals surface area contributed by atoms with Crippen LogP contribution in [0.1, 0.15) is 51.9 Å². The van der Waals surface area contributed by atoms with E-state index in [2.05, 4.69) is 22.1 Å². The summed E-state index contributed by atoms with van der Waals surface area (Å²) < 4.78 is 0. The van der Waals surface area contributed by atoms with E-state index in [0.29, 0.717) is 18.4 Å². The highest BCUT2D eigenvalue weighted by atomic mass is 127. The molecule has 0 unspecified atom stereocenters. The summed E-state index contributed by atoms with van der Waals surface area (Å²) in [6.07, 6.45) is 8.72. The average molecular weight is 436 g/mol. The van der Waals surface area contributed by atoms with Crippen molar-refractivity contribution in [3.8, 4) is 0 Å². The smallest absolute Gasteiger partial charge is 0.223 e. The van der Waals surface area contributed by atoms with Gasteiger partial charge < -0.3 is 15.1 Å². The second-order valence-corrected chi connectivity index (χ2v) is 7.01. The number of carbonyl (C=O) groups is 1. The van der Waals surface area contributed by atoms with E-state index in [4.69, 9.17) is 0 Å². The number of hydrogen-bond donors (Lipinski definition) is 1. The van der Waals surface area contributed by atoms with Gasteiger partial charge in [-0.25, -0.2) is 0 Å². The minimum absolute atomic E-state index is 0. The number of nitrogens with one attached hydrogen (secondary N) is 1. The summed E-state index contributed by atoms with van der Waals surface area (Å²) in [5.74, 6) is 1.14. The molecule has 1 amide bonds. The van der Waals surface area contributed by atoms with Gasteiger partial charge in [0.05, 0.1) is 6.54 Å². The summed E-state index contributed by atoms with van der Waals surface area (Å²) in [5.41, 5.74) is 0.536. The Hall–Kier alpha value is -0.530. The second kappa shape index (κ2) is 9.69. The highest BCUT2D eigenvalue weighted by Gasteiger charge is 2.39. The van der Waals surface area contributed by atoms with Gasteiger partial charge in [0.15, 0.2) is 5.96 Å². The lowest BCUT2D eigenvalue weighted by molar-refractivity contribution is -0.128. The molecule has 1 saturated heterocycles. The van der Waals surface area contributed by atoms with Gasteiger partial charge in [-0.05, 0) is 31.6 Å². The van der Waals surface area contributed by atoms with Crippen molar-refractivity contribution in [1.29, 1.82) is 0 Å². The topological polar surface area (TPSA) is 47.9 Å². The molecule has 1 heterocycles. The van der Waals surface area contributed by atoms with E-state index < -0.39 is 0 Å². The third kappa shape index (κ3) is 5.80. The van der Waals surface area contributed by atoms with E-state index in [-0.39, 0.29) is 29.9 Å². The van der Waals surface area contributed by atoms with Crippen LogP contribution in [0, 0.1) is 5.41 Å². The molecular formula is C17H33IN4O. The van der Waals surface area contributed by atoms with E-state index in [0.717, 1.165) is 25.6 Å². The first-order valence-corrected chi connectivity index (χ1v) is 8.80. The lowest BCUT2D eigenvalue weighted by Crippen LogP contribution is -2.41. The van der Waals surface area contributed by atoms with Gasteiger partial charge >= 0.3 is 0 Å². The van der Waals surface area contributed by atoms with Crippen molar-refractivity contribution < 1.29 is 4.79 Å². The second-order valence-electron chi connectivity index (χ2n) is 7.01. The van der Waals surface area contributed by atoms with Crippen LogP contribution in [0.3, 0.4) is 0 Å². The van der Waals surface area contributed by atoms with Gasteiger partial charge in [-0.15, -0.1) is 24.0 Å². The van der Waals surface area contributed by atoms with Gasteiger partial charge in [-0.3, -0.25) is 9.79 Å². The fraction of sp³-hybridized carbons (Fsp3) is 0.882.